The second kappa shape index (κ2) is 7.38. The van der Waals surface area contributed by atoms with Crippen LogP contribution in [0.1, 0.15) is 25.5 Å². The Labute approximate surface area is 101 Å². The summed E-state index contributed by atoms with van der Waals surface area (Å²) in [6, 6.07) is 5.57. The second-order valence-electron chi connectivity index (χ2n) is 3.68. The van der Waals surface area contributed by atoms with Crippen molar-refractivity contribution >= 4 is 11.8 Å². The SMILES string of the molecule is CC(=O)NCCCC(=O)NCc1ccccn1. The van der Waals surface area contributed by atoms with Crippen molar-refractivity contribution in [3.63, 3.8) is 0 Å². The van der Waals surface area contributed by atoms with Crippen molar-refractivity contribution in [2.75, 3.05) is 6.54 Å². The molecule has 0 unspecified atom stereocenters. The van der Waals surface area contributed by atoms with E-state index in [0.29, 0.717) is 25.9 Å². The van der Waals surface area contributed by atoms with Crippen molar-refractivity contribution in [2.24, 2.45) is 0 Å². The molecule has 0 aliphatic carbocycles. The maximum absolute atomic E-state index is 11.4. The van der Waals surface area contributed by atoms with Crippen LogP contribution in [0.2, 0.25) is 0 Å². The first-order valence-corrected chi connectivity index (χ1v) is 5.59. The minimum Gasteiger partial charge on any atom is -0.356 e. The van der Waals surface area contributed by atoms with Crippen LogP contribution < -0.4 is 10.6 Å². The number of rotatable bonds is 6. The molecule has 1 aromatic rings. The molecule has 17 heavy (non-hydrogen) atoms. The number of carbonyl (C=O) groups is 2. The molecule has 0 saturated carbocycles. The van der Waals surface area contributed by atoms with Crippen LogP contribution in [-0.2, 0) is 16.1 Å². The average molecular weight is 235 g/mol. The van der Waals surface area contributed by atoms with Gasteiger partial charge < -0.3 is 10.6 Å². The molecule has 0 saturated heterocycles. The van der Waals surface area contributed by atoms with Gasteiger partial charge in [0.2, 0.25) is 11.8 Å². The first-order chi connectivity index (χ1) is 8.18. The minimum atomic E-state index is -0.0705. The molecule has 1 rings (SSSR count). The molecule has 2 amide bonds. The summed E-state index contributed by atoms with van der Waals surface area (Å²) in [4.78, 5) is 26.1. The zero-order valence-corrected chi connectivity index (χ0v) is 9.90. The van der Waals surface area contributed by atoms with E-state index in [1.807, 2.05) is 18.2 Å². The number of amides is 2. The summed E-state index contributed by atoms with van der Waals surface area (Å²) >= 11 is 0. The molecule has 0 atom stereocenters. The molecule has 0 radical (unpaired) electrons. The van der Waals surface area contributed by atoms with Gasteiger partial charge in [-0.05, 0) is 18.6 Å². The Hall–Kier alpha value is -1.91. The number of carbonyl (C=O) groups excluding carboxylic acids is 2. The van der Waals surface area contributed by atoms with Crippen LogP contribution in [0.3, 0.4) is 0 Å². The van der Waals surface area contributed by atoms with Crippen LogP contribution in [0.15, 0.2) is 24.4 Å². The molecule has 5 heteroatoms. The largest absolute Gasteiger partial charge is 0.356 e. The molecule has 0 spiro atoms. The first kappa shape index (κ1) is 13.2. The molecular formula is C12H17N3O2. The van der Waals surface area contributed by atoms with Gasteiger partial charge in [0.05, 0.1) is 12.2 Å². The summed E-state index contributed by atoms with van der Waals surface area (Å²) in [5, 5.41) is 5.42. The van der Waals surface area contributed by atoms with E-state index in [1.165, 1.54) is 6.92 Å². The Balaban J connectivity index is 2.11. The molecule has 2 N–H and O–H groups in total. The van der Waals surface area contributed by atoms with Crippen molar-refractivity contribution in [3.05, 3.63) is 30.1 Å². The lowest BCUT2D eigenvalue weighted by Gasteiger charge is -2.05. The van der Waals surface area contributed by atoms with Crippen LogP contribution in [0, 0.1) is 0 Å². The van der Waals surface area contributed by atoms with Crippen LogP contribution in [0.4, 0.5) is 0 Å². The van der Waals surface area contributed by atoms with E-state index in [9.17, 15) is 9.59 Å². The predicted octanol–water partition coefficient (Wildman–Crippen LogP) is 0.614. The van der Waals surface area contributed by atoms with Gasteiger partial charge in [-0.3, -0.25) is 14.6 Å². The lowest BCUT2D eigenvalue weighted by Crippen LogP contribution is -2.26. The van der Waals surface area contributed by atoms with Gasteiger partial charge in [-0.15, -0.1) is 0 Å². The number of hydrogen-bond donors (Lipinski definition) is 2. The van der Waals surface area contributed by atoms with Crippen LogP contribution in [0.5, 0.6) is 0 Å². The van der Waals surface area contributed by atoms with E-state index < -0.39 is 0 Å². The Kier molecular flexibility index (Phi) is 5.71. The van der Waals surface area contributed by atoms with Crippen molar-refractivity contribution in [3.8, 4) is 0 Å². The predicted molar refractivity (Wildman–Crippen MR) is 64.0 cm³/mol. The fraction of sp³-hybridized carbons (Fsp3) is 0.417. The molecule has 0 bridgehead atoms. The third kappa shape index (κ3) is 6.29. The average Bonchev–Trinajstić information content (AvgIpc) is 2.33. The molecule has 5 nitrogen and oxygen atoms in total. The number of nitrogens with zero attached hydrogens (tertiary/aromatic N) is 1. The monoisotopic (exact) mass is 235 g/mol. The van der Waals surface area contributed by atoms with Crippen molar-refractivity contribution in [1.29, 1.82) is 0 Å². The minimum absolute atomic E-state index is 0.0268. The standard InChI is InChI=1S/C12H17N3O2/c1-10(16)13-8-4-6-12(17)15-9-11-5-2-3-7-14-11/h2-3,5,7H,4,6,8-9H2,1H3,(H,13,16)(H,15,17). The van der Waals surface area contributed by atoms with E-state index in [-0.39, 0.29) is 11.8 Å². The van der Waals surface area contributed by atoms with Gasteiger partial charge in [0.25, 0.3) is 0 Å². The summed E-state index contributed by atoms with van der Waals surface area (Å²) in [5.41, 5.74) is 0.836. The van der Waals surface area contributed by atoms with Crippen molar-refractivity contribution in [2.45, 2.75) is 26.3 Å². The van der Waals surface area contributed by atoms with Crippen LogP contribution >= 0.6 is 0 Å². The molecule has 1 heterocycles. The Morgan fingerprint density at radius 1 is 1.29 bits per heavy atom. The normalized spacial score (nSPS) is 9.71. The lowest BCUT2D eigenvalue weighted by molar-refractivity contribution is -0.122. The van der Waals surface area contributed by atoms with E-state index in [1.54, 1.807) is 6.20 Å². The van der Waals surface area contributed by atoms with E-state index >= 15 is 0 Å². The highest BCUT2D eigenvalue weighted by molar-refractivity contribution is 5.76. The van der Waals surface area contributed by atoms with Gasteiger partial charge in [0, 0.05) is 26.1 Å². The van der Waals surface area contributed by atoms with E-state index in [2.05, 4.69) is 15.6 Å². The molecule has 0 fully saturated rings. The van der Waals surface area contributed by atoms with Gasteiger partial charge in [-0.1, -0.05) is 6.07 Å². The number of pyridine rings is 1. The Bertz CT molecular complexity index is 365. The molecule has 1 aromatic heterocycles. The zero-order chi connectivity index (χ0) is 12.5. The number of hydrogen-bond acceptors (Lipinski definition) is 3. The molecule has 92 valence electrons. The van der Waals surface area contributed by atoms with E-state index in [0.717, 1.165) is 5.69 Å². The Morgan fingerprint density at radius 3 is 2.76 bits per heavy atom. The molecule has 0 aliphatic heterocycles. The summed E-state index contributed by atoms with van der Waals surface area (Å²) in [5.74, 6) is -0.0973. The van der Waals surface area contributed by atoms with E-state index in [4.69, 9.17) is 0 Å². The zero-order valence-electron chi connectivity index (χ0n) is 9.90. The van der Waals surface area contributed by atoms with Gasteiger partial charge in [0.15, 0.2) is 0 Å². The smallest absolute Gasteiger partial charge is 0.220 e. The first-order valence-electron chi connectivity index (χ1n) is 5.59. The third-order valence-electron chi connectivity index (χ3n) is 2.15. The highest BCUT2D eigenvalue weighted by Crippen LogP contribution is 1.93. The summed E-state index contributed by atoms with van der Waals surface area (Å²) < 4.78 is 0. The summed E-state index contributed by atoms with van der Waals surface area (Å²) in [6.07, 6.45) is 2.75. The van der Waals surface area contributed by atoms with Crippen molar-refractivity contribution in [1.82, 2.24) is 15.6 Å². The van der Waals surface area contributed by atoms with Gasteiger partial charge >= 0.3 is 0 Å². The quantitative estimate of drug-likeness (QED) is 0.710. The highest BCUT2D eigenvalue weighted by atomic mass is 16.2. The fourth-order valence-corrected chi connectivity index (χ4v) is 1.29. The maximum atomic E-state index is 11.4. The Morgan fingerprint density at radius 2 is 2.12 bits per heavy atom. The maximum Gasteiger partial charge on any atom is 0.220 e. The topological polar surface area (TPSA) is 71.1 Å². The third-order valence-corrected chi connectivity index (χ3v) is 2.15. The van der Waals surface area contributed by atoms with Gasteiger partial charge in [-0.25, -0.2) is 0 Å². The van der Waals surface area contributed by atoms with Crippen molar-refractivity contribution < 1.29 is 9.59 Å². The van der Waals surface area contributed by atoms with Gasteiger partial charge in [0.1, 0.15) is 0 Å². The summed E-state index contributed by atoms with van der Waals surface area (Å²) in [7, 11) is 0. The number of aromatic nitrogens is 1. The lowest BCUT2D eigenvalue weighted by atomic mass is 10.3. The number of nitrogens with one attached hydrogen (secondary N) is 2. The van der Waals surface area contributed by atoms with Crippen LogP contribution in [0.25, 0.3) is 0 Å². The summed E-state index contributed by atoms with van der Waals surface area (Å²) in [6.45, 7) is 2.44. The highest BCUT2D eigenvalue weighted by Gasteiger charge is 2.01. The van der Waals surface area contributed by atoms with Gasteiger partial charge in [-0.2, -0.15) is 0 Å². The molecule has 0 aliphatic rings. The van der Waals surface area contributed by atoms with Crippen LogP contribution in [-0.4, -0.2) is 23.3 Å². The molecular weight excluding hydrogens is 218 g/mol. The molecule has 0 aromatic carbocycles. The fourth-order valence-electron chi connectivity index (χ4n) is 1.29. The second-order valence-corrected chi connectivity index (χ2v) is 3.68.